The molecule has 5 nitrogen and oxygen atoms in total. The molecule has 0 radical (unpaired) electrons. The zero-order valence-corrected chi connectivity index (χ0v) is 12.5. The summed E-state index contributed by atoms with van der Waals surface area (Å²) in [5.41, 5.74) is 7.75. The highest BCUT2D eigenvalue weighted by Crippen LogP contribution is 2.18. The number of carbonyl (C=O) groups is 1. The van der Waals surface area contributed by atoms with Gasteiger partial charge in [-0.25, -0.2) is 4.98 Å². The first-order valence-corrected chi connectivity index (χ1v) is 7.52. The average molecular weight is 296 g/mol. The maximum Gasteiger partial charge on any atom is 0.217 e. The van der Waals surface area contributed by atoms with Gasteiger partial charge in [-0.3, -0.25) is 4.79 Å². The number of nitriles is 1. The Morgan fingerprint density at radius 2 is 1.91 bits per heavy atom. The fourth-order valence-corrected chi connectivity index (χ4v) is 2.31. The summed E-state index contributed by atoms with van der Waals surface area (Å²) in [5.74, 6) is 0.743. The molecule has 1 aromatic carbocycles. The molecule has 1 heterocycles. The number of nitrogens with two attached hydrogens (primary N) is 1. The number of nitrogens with one attached hydrogen (secondary N) is 1. The van der Waals surface area contributed by atoms with Gasteiger partial charge in [-0.1, -0.05) is 25.0 Å². The van der Waals surface area contributed by atoms with Crippen LogP contribution in [0.4, 0.5) is 0 Å². The molecule has 2 rings (SSSR count). The predicted octanol–water partition coefficient (Wildman–Crippen LogP) is 2.93. The first-order chi connectivity index (χ1) is 10.7. The van der Waals surface area contributed by atoms with Crippen molar-refractivity contribution in [3.63, 3.8) is 0 Å². The van der Waals surface area contributed by atoms with Crippen LogP contribution < -0.4 is 5.73 Å². The number of carbonyl (C=O) groups excluding carboxylic acids is 1. The van der Waals surface area contributed by atoms with Crippen molar-refractivity contribution in [2.45, 2.75) is 38.5 Å². The number of imidazole rings is 1. The van der Waals surface area contributed by atoms with Gasteiger partial charge >= 0.3 is 0 Å². The minimum Gasteiger partial charge on any atom is -0.370 e. The van der Waals surface area contributed by atoms with Crippen LogP contribution in [-0.4, -0.2) is 15.9 Å². The van der Waals surface area contributed by atoms with Crippen molar-refractivity contribution in [1.82, 2.24) is 9.97 Å². The molecule has 1 aromatic heterocycles. The molecule has 0 aliphatic carbocycles. The van der Waals surface area contributed by atoms with E-state index in [1.807, 2.05) is 18.3 Å². The second kappa shape index (κ2) is 7.99. The molecule has 0 bridgehead atoms. The van der Waals surface area contributed by atoms with E-state index in [2.05, 4.69) is 16.0 Å². The maximum atomic E-state index is 10.6. The fourth-order valence-electron chi connectivity index (χ4n) is 2.31. The molecule has 0 fully saturated rings. The number of H-pyrrole nitrogens is 1. The van der Waals surface area contributed by atoms with Crippen molar-refractivity contribution in [1.29, 1.82) is 5.26 Å². The van der Waals surface area contributed by atoms with Crippen molar-refractivity contribution in [3.05, 3.63) is 41.9 Å². The lowest BCUT2D eigenvalue weighted by molar-refractivity contribution is -0.118. The van der Waals surface area contributed by atoms with Crippen LogP contribution in [0.2, 0.25) is 0 Å². The molecule has 0 aliphatic rings. The van der Waals surface area contributed by atoms with E-state index < -0.39 is 0 Å². The van der Waals surface area contributed by atoms with Gasteiger partial charge in [0.25, 0.3) is 0 Å². The normalized spacial score (nSPS) is 10.3. The van der Waals surface area contributed by atoms with E-state index in [-0.39, 0.29) is 5.91 Å². The Kier molecular flexibility index (Phi) is 5.73. The largest absolute Gasteiger partial charge is 0.370 e. The standard InChI is InChI=1S/C17H20N4O/c18-11-13-7-9-14(10-8-13)15-12-20-17(21-15)6-4-2-1-3-5-16(19)22/h7-10,12H,1-6H2,(H2,19,22)(H,20,21). The van der Waals surface area contributed by atoms with Crippen LogP contribution in [0.15, 0.2) is 30.5 Å². The van der Waals surface area contributed by atoms with E-state index in [0.717, 1.165) is 49.2 Å². The molecule has 1 amide bonds. The van der Waals surface area contributed by atoms with Gasteiger partial charge in [0, 0.05) is 12.8 Å². The molecule has 0 saturated heterocycles. The van der Waals surface area contributed by atoms with Crippen LogP contribution >= 0.6 is 0 Å². The molecule has 0 atom stereocenters. The third-order valence-electron chi connectivity index (χ3n) is 3.54. The van der Waals surface area contributed by atoms with Crippen molar-refractivity contribution in [2.75, 3.05) is 0 Å². The SMILES string of the molecule is N#Cc1ccc(-c2cnc(CCCCCCC(N)=O)[nH]2)cc1. The smallest absolute Gasteiger partial charge is 0.217 e. The van der Waals surface area contributed by atoms with E-state index in [1.165, 1.54) is 0 Å². The number of rotatable bonds is 8. The predicted molar refractivity (Wildman–Crippen MR) is 84.7 cm³/mol. The number of hydrogen-bond donors (Lipinski definition) is 2. The molecular formula is C17H20N4O. The number of hydrogen-bond acceptors (Lipinski definition) is 3. The van der Waals surface area contributed by atoms with Gasteiger partial charge in [-0.05, 0) is 30.5 Å². The van der Waals surface area contributed by atoms with Crippen molar-refractivity contribution < 1.29 is 4.79 Å². The zero-order chi connectivity index (χ0) is 15.8. The van der Waals surface area contributed by atoms with Crippen molar-refractivity contribution >= 4 is 5.91 Å². The number of primary amides is 1. The van der Waals surface area contributed by atoms with Crippen LogP contribution in [0.5, 0.6) is 0 Å². The quantitative estimate of drug-likeness (QED) is 0.733. The lowest BCUT2D eigenvalue weighted by Gasteiger charge is -1.99. The summed E-state index contributed by atoms with van der Waals surface area (Å²) < 4.78 is 0. The monoisotopic (exact) mass is 296 g/mol. The molecule has 2 aromatic rings. The Labute approximate surface area is 130 Å². The summed E-state index contributed by atoms with van der Waals surface area (Å²) in [5, 5.41) is 8.80. The van der Waals surface area contributed by atoms with Crippen LogP contribution in [0.3, 0.4) is 0 Å². The summed E-state index contributed by atoms with van der Waals surface area (Å²) in [4.78, 5) is 18.3. The van der Waals surface area contributed by atoms with Gasteiger partial charge in [0.05, 0.1) is 23.5 Å². The number of nitrogens with zero attached hydrogens (tertiary/aromatic N) is 2. The van der Waals surface area contributed by atoms with Gasteiger partial charge in [-0.15, -0.1) is 0 Å². The minimum absolute atomic E-state index is 0.224. The Balaban J connectivity index is 1.79. The van der Waals surface area contributed by atoms with E-state index in [9.17, 15) is 4.79 Å². The number of aromatic amines is 1. The molecule has 0 aliphatic heterocycles. The zero-order valence-electron chi connectivity index (χ0n) is 12.5. The van der Waals surface area contributed by atoms with E-state index >= 15 is 0 Å². The first-order valence-electron chi connectivity index (χ1n) is 7.52. The van der Waals surface area contributed by atoms with Crippen LogP contribution in [0.25, 0.3) is 11.3 Å². The summed E-state index contributed by atoms with van der Waals surface area (Å²) in [6.45, 7) is 0. The van der Waals surface area contributed by atoms with E-state index in [1.54, 1.807) is 12.1 Å². The molecule has 0 saturated carbocycles. The van der Waals surface area contributed by atoms with E-state index in [4.69, 9.17) is 11.0 Å². The number of amides is 1. The van der Waals surface area contributed by atoms with Gasteiger partial charge in [-0.2, -0.15) is 5.26 Å². The van der Waals surface area contributed by atoms with Crippen LogP contribution in [-0.2, 0) is 11.2 Å². The summed E-state index contributed by atoms with van der Waals surface area (Å²) >= 11 is 0. The molecule has 22 heavy (non-hydrogen) atoms. The Bertz CT molecular complexity index is 652. The number of unbranched alkanes of at least 4 members (excludes halogenated alkanes) is 3. The van der Waals surface area contributed by atoms with Crippen molar-refractivity contribution in [2.24, 2.45) is 5.73 Å². The summed E-state index contributed by atoms with van der Waals surface area (Å²) in [6.07, 6.45) is 7.19. The van der Waals surface area contributed by atoms with Gasteiger partial charge in [0.15, 0.2) is 0 Å². The Morgan fingerprint density at radius 1 is 1.18 bits per heavy atom. The third kappa shape index (κ3) is 4.74. The summed E-state index contributed by atoms with van der Waals surface area (Å²) in [6, 6.07) is 9.54. The second-order valence-corrected chi connectivity index (χ2v) is 5.31. The Morgan fingerprint density at radius 3 is 2.59 bits per heavy atom. The number of benzene rings is 1. The molecule has 114 valence electrons. The highest BCUT2D eigenvalue weighted by Gasteiger charge is 2.04. The summed E-state index contributed by atoms with van der Waals surface area (Å²) in [7, 11) is 0. The van der Waals surface area contributed by atoms with Gasteiger partial charge < -0.3 is 10.7 Å². The highest BCUT2D eigenvalue weighted by atomic mass is 16.1. The van der Waals surface area contributed by atoms with Crippen LogP contribution in [0.1, 0.15) is 43.5 Å². The molecule has 5 heteroatoms. The average Bonchev–Trinajstić information content (AvgIpc) is 2.99. The lowest BCUT2D eigenvalue weighted by Crippen LogP contribution is -2.09. The maximum absolute atomic E-state index is 10.6. The van der Waals surface area contributed by atoms with Gasteiger partial charge in [0.2, 0.25) is 5.91 Å². The molecular weight excluding hydrogens is 276 g/mol. The van der Waals surface area contributed by atoms with E-state index in [0.29, 0.717) is 12.0 Å². The number of aryl methyl sites for hydroxylation is 1. The third-order valence-corrected chi connectivity index (χ3v) is 3.54. The fraction of sp³-hybridized carbons (Fsp3) is 0.353. The molecule has 0 unspecified atom stereocenters. The number of aromatic nitrogens is 2. The second-order valence-electron chi connectivity index (χ2n) is 5.31. The molecule has 3 N–H and O–H groups in total. The van der Waals surface area contributed by atoms with Gasteiger partial charge in [0.1, 0.15) is 5.82 Å². The van der Waals surface area contributed by atoms with Crippen LogP contribution in [0, 0.1) is 11.3 Å². The Hall–Kier alpha value is -2.61. The minimum atomic E-state index is -0.224. The van der Waals surface area contributed by atoms with Crippen molar-refractivity contribution in [3.8, 4) is 17.3 Å². The first kappa shape index (κ1) is 15.8. The topological polar surface area (TPSA) is 95.6 Å². The lowest BCUT2D eigenvalue weighted by atomic mass is 10.1. The molecule has 0 spiro atoms. The highest BCUT2D eigenvalue weighted by molar-refractivity contribution is 5.73.